The molecule has 1 aromatic heterocycles. The van der Waals surface area contributed by atoms with Gasteiger partial charge in [-0.15, -0.1) is 0 Å². The van der Waals surface area contributed by atoms with E-state index in [1.807, 2.05) is 36.4 Å². The van der Waals surface area contributed by atoms with E-state index < -0.39 is 0 Å². The van der Waals surface area contributed by atoms with Crippen molar-refractivity contribution < 1.29 is 9.53 Å². The summed E-state index contributed by atoms with van der Waals surface area (Å²) in [6, 6.07) is 11.6. The number of piperazine rings is 1. The lowest BCUT2D eigenvalue weighted by molar-refractivity contribution is 0.0953. The van der Waals surface area contributed by atoms with Crippen molar-refractivity contribution in [1.29, 1.82) is 0 Å². The molecule has 0 spiro atoms. The highest BCUT2D eigenvalue weighted by Crippen LogP contribution is 2.17. The van der Waals surface area contributed by atoms with E-state index in [1.165, 1.54) is 0 Å². The van der Waals surface area contributed by atoms with E-state index in [-0.39, 0.29) is 5.91 Å². The summed E-state index contributed by atoms with van der Waals surface area (Å²) in [6.45, 7) is 4.56. The Labute approximate surface area is 154 Å². The molecule has 138 valence electrons. The molecule has 0 atom stereocenters. The van der Waals surface area contributed by atoms with Crippen LogP contribution >= 0.6 is 0 Å². The third-order valence-corrected chi connectivity index (χ3v) is 4.71. The SMILES string of the molecule is COc1ccccc1CCNC(=O)c1ccc(N2CCN(C)CC2)nc1. The van der Waals surface area contributed by atoms with Crippen LogP contribution in [0.3, 0.4) is 0 Å². The van der Waals surface area contributed by atoms with Crippen LogP contribution in [0, 0.1) is 0 Å². The van der Waals surface area contributed by atoms with Crippen molar-refractivity contribution in [2.24, 2.45) is 0 Å². The Bertz CT molecular complexity index is 725. The van der Waals surface area contributed by atoms with Crippen LogP contribution in [0.25, 0.3) is 0 Å². The summed E-state index contributed by atoms with van der Waals surface area (Å²) in [7, 11) is 3.79. The summed E-state index contributed by atoms with van der Waals surface area (Å²) < 4.78 is 5.33. The average molecular weight is 354 g/mol. The fourth-order valence-corrected chi connectivity index (χ4v) is 3.07. The van der Waals surface area contributed by atoms with E-state index in [4.69, 9.17) is 4.74 Å². The Kier molecular flexibility index (Phi) is 6.07. The van der Waals surface area contributed by atoms with Gasteiger partial charge >= 0.3 is 0 Å². The van der Waals surface area contributed by atoms with Gasteiger partial charge in [0.15, 0.2) is 0 Å². The molecule has 0 saturated carbocycles. The molecule has 26 heavy (non-hydrogen) atoms. The van der Waals surface area contributed by atoms with Gasteiger partial charge in [0, 0.05) is 38.9 Å². The van der Waals surface area contributed by atoms with Crippen LogP contribution in [-0.4, -0.2) is 62.7 Å². The molecule has 6 nitrogen and oxygen atoms in total. The van der Waals surface area contributed by atoms with Gasteiger partial charge in [0.05, 0.1) is 12.7 Å². The lowest BCUT2D eigenvalue weighted by atomic mass is 10.1. The summed E-state index contributed by atoms with van der Waals surface area (Å²) in [5, 5.41) is 2.95. The van der Waals surface area contributed by atoms with E-state index in [0.717, 1.165) is 49.7 Å². The largest absolute Gasteiger partial charge is 0.496 e. The lowest BCUT2D eigenvalue weighted by Gasteiger charge is -2.33. The molecule has 1 N–H and O–H groups in total. The minimum absolute atomic E-state index is 0.0997. The van der Waals surface area contributed by atoms with E-state index in [9.17, 15) is 4.79 Å². The number of benzene rings is 1. The molecule has 2 heterocycles. The van der Waals surface area contributed by atoms with Gasteiger partial charge in [-0.3, -0.25) is 4.79 Å². The zero-order valence-corrected chi connectivity index (χ0v) is 15.4. The van der Waals surface area contributed by atoms with Crippen molar-refractivity contribution in [1.82, 2.24) is 15.2 Å². The number of methoxy groups -OCH3 is 1. The Morgan fingerprint density at radius 3 is 2.62 bits per heavy atom. The summed E-state index contributed by atoms with van der Waals surface area (Å²) in [6.07, 6.45) is 2.38. The number of carbonyl (C=O) groups is 1. The minimum Gasteiger partial charge on any atom is -0.496 e. The smallest absolute Gasteiger partial charge is 0.252 e. The van der Waals surface area contributed by atoms with Crippen molar-refractivity contribution in [3.63, 3.8) is 0 Å². The molecule has 6 heteroatoms. The number of rotatable bonds is 6. The number of para-hydroxylation sites is 1. The van der Waals surface area contributed by atoms with Gasteiger partial charge in [-0.05, 0) is 37.2 Å². The first-order valence-corrected chi connectivity index (χ1v) is 8.97. The van der Waals surface area contributed by atoms with Gasteiger partial charge in [0.1, 0.15) is 11.6 Å². The number of carbonyl (C=O) groups excluding carboxylic acids is 1. The zero-order valence-electron chi connectivity index (χ0n) is 15.4. The molecule has 0 radical (unpaired) electrons. The molecular weight excluding hydrogens is 328 g/mol. The van der Waals surface area contributed by atoms with Gasteiger partial charge in [0.25, 0.3) is 5.91 Å². The number of aromatic nitrogens is 1. The maximum absolute atomic E-state index is 12.3. The summed E-state index contributed by atoms with van der Waals surface area (Å²) in [5.41, 5.74) is 1.67. The third kappa shape index (κ3) is 4.52. The Hall–Kier alpha value is -2.60. The van der Waals surface area contributed by atoms with Gasteiger partial charge in [0.2, 0.25) is 0 Å². The number of anilines is 1. The Balaban J connectivity index is 1.52. The number of nitrogens with zero attached hydrogens (tertiary/aromatic N) is 3. The molecule has 2 aromatic rings. The Morgan fingerprint density at radius 2 is 1.92 bits per heavy atom. The topological polar surface area (TPSA) is 57.7 Å². The molecule has 1 amide bonds. The molecule has 1 aliphatic heterocycles. The monoisotopic (exact) mass is 354 g/mol. The molecule has 0 bridgehead atoms. The second-order valence-corrected chi connectivity index (χ2v) is 6.51. The minimum atomic E-state index is -0.0997. The molecule has 1 aromatic carbocycles. The summed E-state index contributed by atoms with van der Waals surface area (Å²) >= 11 is 0. The van der Waals surface area contributed by atoms with E-state index in [0.29, 0.717) is 12.1 Å². The van der Waals surface area contributed by atoms with Crippen LogP contribution in [0.15, 0.2) is 42.6 Å². The van der Waals surface area contributed by atoms with Crippen molar-refractivity contribution in [2.75, 3.05) is 51.8 Å². The Morgan fingerprint density at radius 1 is 1.15 bits per heavy atom. The summed E-state index contributed by atoms with van der Waals surface area (Å²) in [5.74, 6) is 1.68. The highest BCUT2D eigenvalue weighted by Gasteiger charge is 2.15. The first-order valence-electron chi connectivity index (χ1n) is 8.97. The number of hydrogen-bond acceptors (Lipinski definition) is 5. The maximum Gasteiger partial charge on any atom is 0.252 e. The number of hydrogen-bond donors (Lipinski definition) is 1. The van der Waals surface area contributed by atoms with Crippen molar-refractivity contribution in [2.45, 2.75) is 6.42 Å². The van der Waals surface area contributed by atoms with Crippen molar-refractivity contribution >= 4 is 11.7 Å². The highest BCUT2D eigenvalue weighted by atomic mass is 16.5. The predicted molar refractivity (Wildman–Crippen MR) is 103 cm³/mol. The predicted octanol–water partition coefficient (Wildman–Crippen LogP) is 1.81. The number of ether oxygens (including phenoxy) is 1. The van der Waals surface area contributed by atoms with E-state index >= 15 is 0 Å². The van der Waals surface area contributed by atoms with E-state index in [2.05, 4.69) is 27.1 Å². The normalized spacial score (nSPS) is 14.9. The summed E-state index contributed by atoms with van der Waals surface area (Å²) in [4.78, 5) is 21.3. The first-order chi connectivity index (χ1) is 12.7. The first kappa shape index (κ1) is 18.2. The van der Waals surface area contributed by atoms with Gasteiger partial charge < -0.3 is 19.9 Å². The molecule has 1 aliphatic rings. The lowest BCUT2D eigenvalue weighted by Crippen LogP contribution is -2.44. The molecule has 1 saturated heterocycles. The van der Waals surface area contributed by atoms with Gasteiger partial charge in [-0.25, -0.2) is 4.98 Å². The average Bonchev–Trinajstić information content (AvgIpc) is 2.69. The molecule has 3 rings (SSSR count). The molecular formula is C20H26N4O2. The standard InChI is InChI=1S/C20H26N4O2/c1-23-11-13-24(14-12-23)19-8-7-17(15-22-19)20(25)21-10-9-16-5-3-4-6-18(16)26-2/h3-8,15H,9-14H2,1-2H3,(H,21,25). The van der Waals surface area contributed by atoms with Crippen LogP contribution in [0.4, 0.5) is 5.82 Å². The van der Waals surface area contributed by atoms with Crippen molar-refractivity contribution in [3.8, 4) is 5.75 Å². The molecule has 0 unspecified atom stereocenters. The number of amides is 1. The second kappa shape index (κ2) is 8.67. The quantitative estimate of drug-likeness (QED) is 0.857. The maximum atomic E-state index is 12.3. The second-order valence-electron chi connectivity index (χ2n) is 6.51. The van der Waals surface area contributed by atoms with Crippen LogP contribution in [0.5, 0.6) is 5.75 Å². The highest BCUT2D eigenvalue weighted by molar-refractivity contribution is 5.94. The number of likely N-dealkylation sites (N-methyl/N-ethyl adjacent to an activating group) is 1. The molecule has 1 fully saturated rings. The fourth-order valence-electron chi connectivity index (χ4n) is 3.07. The molecule has 0 aliphatic carbocycles. The van der Waals surface area contributed by atoms with Gasteiger partial charge in [-0.2, -0.15) is 0 Å². The number of pyridine rings is 1. The number of nitrogens with one attached hydrogen (secondary N) is 1. The third-order valence-electron chi connectivity index (χ3n) is 4.71. The van der Waals surface area contributed by atoms with Crippen LogP contribution in [0.1, 0.15) is 15.9 Å². The van der Waals surface area contributed by atoms with E-state index in [1.54, 1.807) is 13.3 Å². The van der Waals surface area contributed by atoms with Crippen LogP contribution < -0.4 is 15.0 Å². The van der Waals surface area contributed by atoms with Crippen LogP contribution in [0.2, 0.25) is 0 Å². The fraction of sp³-hybridized carbons (Fsp3) is 0.400. The van der Waals surface area contributed by atoms with Gasteiger partial charge in [-0.1, -0.05) is 18.2 Å². The van der Waals surface area contributed by atoms with Crippen LogP contribution in [-0.2, 0) is 6.42 Å². The zero-order chi connectivity index (χ0) is 18.4. The van der Waals surface area contributed by atoms with Crippen molar-refractivity contribution in [3.05, 3.63) is 53.7 Å².